The van der Waals surface area contributed by atoms with Crippen molar-refractivity contribution in [1.82, 2.24) is 0 Å². The van der Waals surface area contributed by atoms with Gasteiger partial charge in [-0.15, -0.1) is 0 Å². The average molecular weight is 407 g/mol. The van der Waals surface area contributed by atoms with E-state index in [1.165, 1.54) is 38.5 Å². The van der Waals surface area contributed by atoms with Gasteiger partial charge in [-0.1, -0.05) is 56.0 Å². The van der Waals surface area contributed by atoms with Crippen LogP contribution in [0.1, 0.15) is 84.1 Å². The summed E-state index contributed by atoms with van der Waals surface area (Å²) in [7, 11) is 1.60. The van der Waals surface area contributed by atoms with Crippen LogP contribution in [0.3, 0.4) is 0 Å². The molecule has 0 bridgehead atoms. The highest BCUT2D eigenvalue weighted by atomic mass is 16.5. The Morgan fingerprint density at radius 3 is 2.23 bits per heavy atom. The molecule has 30 heavy (non-hydrogen) atoms. The number of hydrogen-bond acceptors (Lipinski definition) is 4. The Morgan fingerprint density at radius 2 is 1.57 bits per heavy atom. The standard InChI is InChI=1S/C26H30O4/c1-29-25-20(23(28)17-22(27)19-11-7-6-8-12-19)13-14-24-21(25)18-26(30-24)15-9-4-2-3-5-10-16-26/h6-8,11-14H,2-5,9-10,15-18H2,1H3. The molecule has 0 aromatic heterocycles. The minimum atomic E-state index is -0.209. The van der Waals surface area contributed by atoms with Crippen molar-refractivity contribution >= 4 is 11.6 Å². The normalized spacial score (nSPS) is 17.9. The van der Waals surface area contributed by atoms with Crippen LogP contribution in [0.5, 0.6) is 11.5 Å². The van der Waals surface area contributed by atoms with Gasteiger partial charge in [-0.05, 0) is 37.8 Å². The van der Waals surface area contributed by atoms with E-state index in [4.69, 9.17) is 9.47 Å². The van der Waals surface area contributed by atoms with E-state index in [0.717, 1.165) is 30.6 Å². The highest BCUT2D eigenvalue weighted by Crippen LogP contribution is 2.46. The molecule has 4 nitrogen and oxygen atoms in total. The zero-order chi connectivity index (χ0) is 21.0. The van der Waals surface area contributed by atoms with Crippen LogP contribution >= 0.6 is 0 Å². The number of hydrogen-bond donors (Lipinski definition) is 0. The molecule has 4 heteroatoms. The number of carbonyl (C=O) groups is 2. The van der Waals surface area contributed by atoms with E-state index in [9.17, 15) is 9.59 Å². The number of methoxy groups -OCH3 is 1. The van der Waals surface area contributed by atoms with Gasteiger partial charge in [0.05, 0.1) is 19.1 Å². The van der Waals surface area contributed by atoms with E-state index in [1.807, 2.05) is 24.3 Å². The van der Waals surface area contributed by atoms with Crippen molar-refractivity contribution in [2.75, 3.05) is 7.11 Å². The van der Waals surface area contributed by atoms with Crippen LogP contribution in [0.2, 0.25) is 0 Å². The Hall–Kier alpha value is -2.62. The zero-order valence-electron chi connectivity index (χ0n) is 17.7. The van der Waals surface area contributed by atoms with Crippen molar-refractivity contribution in [2.24, 2.45) is 0 Å². The highest BCUT2D eigenvalue weighted by molar-refractivity contribution is 6.14. The lowest BCUT2D eigenvalue weighted by Gasteiger charge is -2.28. The van der Waals surface area contributed by atoms with E-state index >= 15 is 0 Å². The quantitative estimate of drug-likeness (QED) is 0.454. The molecule has 2 aromatic rings. The fourth-order valence-electron chi connectivity index (χ4n) is 4.89. The topological polar surface area (TPSA) is 52.6 Å². The predicted molar refractivity (Wildman–Crippen MR) is 117 cm³/mol. The number of Topliss-reactive ketones (excluding diaryl/α,β-unsaturated/α-hetero) is 2. The van der Waals surface area contributed by atoms with E-state index in [-0.39, 0.29) is 23.6 Å². The third-order valence-corrected chi connectivity index (χ3v) is 6.48. The predicted octanol–water partition coefficient (Wildman–Crippen LogP) is 5.96. The van der Waals surface area contributed by atoms with Gasteiger partial charge in [0, 0.05) is 17.5 Å². The second-order valence-corrected chi connectivity index (χ2v) is 8.60. The monoisotopic (exact) mass is 406 g/mol. The van der Waals surface area contributed by atoms with Crippen LogP contribution in [0, 0.1) is 0 Å². The van der Waals surface area contributed by atoms with Gasteiger partial charge in [0.15, 0.2) is 11.6 Å². The minimum Gasteiger partial charge on any atom is -0.496 e. The molecule has 1 spiro atoms. The molecule has 2 aliphatic rings. The number of rotatable bonds is 5. The molecule has 2 aromatic carbocycles. The number of fused-ring (bicyclic) bond motifs is 1. The molecule has 0 N–H and O–H groups in total. The lowest BCUT2D eigenvalue weighted by molar-refractivity contribution is 0.0707. The van der Waals surface area contributed by atoms with Crippen molar-refractivity contribution in [3.8, 4) is 11.5 Å². The zero-order valence-corrected chi connectivity index (χ0v) is 17.7. The Bertz CT molecular complexity index is 906. The van der Waals surface area contributed by atoms with Crippen molar-refractivity contribution < 1.29 is 19.1 Å². The summed E-state index contributed by atoms with van der Waals surface area (Å²) in [5.74, 6) is 1.03. The van der Waals surface area contributed by atoms with Gasteiger partial charge >= 0.3 is 0 Å². The summed E-state index contributed by atoms with van der Waals surface area (Å²) in [4.78, 5) is 25.5. The van der Waals surface area contributed by atoms with Crippen LogP contribution in [-0.4, -0.2) is 24.3 Å². The van der Waals surface area contributed by atoms with Gasteiger partial charge in [-0.2, -0.15) is 0 Å². The molecule has 4 rings (SSSR count). The summed E-state index contributed by atoms with van der Waals surface area (Å²) in [6.45, 7) is 0. The number of benzene rings is 2. The maximum Gasteiger partial charge on any atom is 0.174 e. The first-order valence-electron chi connectivity index (χ1n) is 11.1. The second-order valence-electron chi connectivity index (χ2n) is 8.60. The molecule has 1 aliphatic heterocycles. The third-order valence-electron chi connectivity index (χ3n) is 6.48. The Balaban J connectivity index is 1.56. The smallest absolute Gasteiger partial charge is 0.174 e. The van der Waals surface area contributed by atoms with Crippen molar-refractivity contribution in [3.05, 3.63) is 59.2 Å². The van der Waals surface area contributed by atoms with Crippen LogP contribution in [0.15, 0.2) is 42.5 Å². The van der Waals surface area contributed by atoms with E-state index in [0.29, 0.717) is 16.9 Å². The largest absolute Gasteiger partial charge is 0.496 e. The van der Waals surface area contributed by atoms with Crippen molar-refractivity contribution in [3.63, 3.8) is 0 Å². The van der Waals surface area contributed by atoms with Crippen LogP contribution in [0.4, 0.5) is 0 Å². The summed E-state index contributed by atoms with van der Waals surface area (Å²) >= 11 is 0. The van der Waals surface area contributed by atoms with Crippen LogP contribution < -0.4 is 9.47 Å². The molecule has 1 aliphatic carbocycles. The molecule has 1 fully saturated rings. The van der Waals surface area contributed by atoms with Crippen molar-refractivity contribution in [2.45, 2.75) is 69.8 Å². The third kappa shape index (κ3) is 4.28. The van der Waals surface area contributed by atoms with Gasteiger partial charge in [0.25, 0.3) is 0 Å². The second kappa shape index (κ2) is 9.03. The van der Waals surface area contributed by atoms with Gasteiger partial charge in [-0.25, -0.2) is 0 Å². The Morgan fingerprint density at radius 1 is 0.900 bits per heavy atom. The molecule has 0 amide bonds. The molecule has 1 heterocycles. The number of ether oxygens (including phenoxy) is 2. The number of ketones is 2. The van der Waals surface area contributed by atoms with Gasteiger partial charge in [-0.3, -0.25) is 9.59 Å². The Labute approximate surface area is 178 Å². The van der Waals surface area contributed by atoms with Crippen LogP contribution in [-0.2, 0) is 6.42 Å². The molecule has 1 saturated carbocycles. The summed E-state index contributed by atoms with van der Waals surface area (Å²) in [5, 5.41) is 0. The molecule has 0 saturated heterocycles. The molecular weight excluding hydrogens is 376 g/mol. The molecule has 0 unspecified atom stereocenters. The molecule has 0 radical (unpaired) electrons. The fraction of sp³-hybridized carbons (Fsp3) is 0.462. The molecule has 158 valence electrons. The maximum absolute atomic E-state index is 13.0. The fourth-order valence-corrected chi connectivity index (χ4v) is 4.89. The van der Waals surface area contributed by atoms with Gasteiger partial charge < -0.3 is 9.47 Å². The SMILES string of the molecule is COc1c(C(=O)CC(=O)c2ccccc2)ccc2c1CC1(CCCCCCCC1)O2. The lowest BCUT2D eigenvalue weighted by Crippen LogP contribution is -2.34. The summed E-state index contributed by atoms with van der Waals surface area (Å²) < 4.78 is 12.2. The lowest BCUT2D eigenvalue weighted by atomic mass is 9.86. The number of carbonyl (C=O) groups excluding carboxylic acids is 2. The Kier molecular flexibility index (Phi) is 6.21. The first-order valence-corrected chi connectivity index (χ1v) is 11.1. The van der Waals surface area contributed by atoms with Gasteiger partial charge in [0.1, 0.15) is 17.1 Å². The van der Waals surface area contributed by atoms with E-state index in [1.54, 1.807) is 25.3 Å². The van der Waals surface area contributed by atoms with Crippen molar-refractivity contribution in [1.29, 1.82) is 0 Å². The minimum absolute atomic E-state index is 0.162. The maximum atomic E-state index is 13.0. The van der Waals surface area contributed by atoms with Gasteiger partial charge in [0.2, 0.25) is 0 Å². The molecule has 0 atom stereocenters. The van der Waals surface area contributed by atoms with E-state index < -0.39 is 0 Å². The van der Waals surface area contributed by atoms with Crippen LogP contribution in [0.25, 0.3) is 0 Å². The van der Waals surface area contributed by atoms with E-state index in [2.05, 4.69) is 0 Å². The molecular formula is C26H30O4. The summed E-state index contributed by atoms with van der Waals surface area (Å²) in [6, 6.07) is 12.6. The first kappa shape index (κ1) is 20.6. The highest BCUT2D eigenvalue weighted by Gasteiger charge is 2.41. The summed E-state index contributed by atoms with van der Waals surface area (Å²) in [6.07, 6.45) is 10.2. The average Bonchev–Trinajstić information content (AvgIpc) is 3.18. The summed E-state index contributed by atoms with van der Waals surface area (Å²) in [5.41, 5.74) is 1.83. The first-order chi connectivity index (χ1) is 14.6.